The minimum absolute atomic E-state index is 0.163. The van der Waals surface area contributed by atoms with Gasteiger partial charge in [-0.2, -0.15) is 0 Å². The molecule has 0 saturated heterocycles. The molecule has 0 aliphatic carbocycles. The summed E-state index contributed by atoms with van der Waals surface area (Å²) in [6.07, 6.45) is 10.3. The van der Waals surface area contributed by atoms with Gasteiger partial charge in [0.2, 0.25) is 0 Å². The second-order valence-electron chi connectivity index (χ2n) is 4.95. The summed E-state index contributed by atoms with van der Waals surface area (Å²) in [5.41, 5.74) is 0.878. The Kier molecular flexibility index (Phi) is 10.6. The highest BCUT2D eigenvalue weighted by Gasteiger charge is 2.09. The normalized spacial score (nSPS) is 11.6. The lowest BCUT2D eigenvalue weighted by Gasteiger charge is -2.06. The first-order valence-corrected chi connectivity index (χ1v) is 7.33. The molecule has 0 aliphatic heterocycles. The number of rotatable bonds is 11. The third-order valence-electron chi connectivity index (χ3n) is 3.04. The van der Waals surface area contributed by atoms with E-state index < -0.39 is 0 Å². The topological polar surface area (TPSA) is 34.1 Å². The molecule has 0 saturated carbocycles. The summed E-state index contributed by atoms with van der Waals surface area (Å²) in [6.45, 7) is 5.86. The Hall–Kier alpha value is -0.920. The molecule has 2 nitrogen and oxygen atoms in total. The minimum atomic E-state index is 0.163. The molecule has 2 heteroatoms. The van der Waals surface area contributed by atoms with E-state index in [0.29, 0.717) is 19.3 Å². The number of Topliss-reactive ketones (excluding diaryl/α,β-unsaturated/α-hetero) is 2. The van der Waals surface area contributed by atoms with Gasteiger partial charge in [0.25, 0.3) is 0 Å². The summed E-state index contributed by atoms with van der Waals surface area (Å²) in [4.78, 5) is 23.1. The molecule has 0 aromatic heterocycles. The molecule has 0 bridgehead atoms. The lowest BCUT2D eigenvalue weighted by molar-refractivity contribution is -0.117. The Morgan fingerprint density at radius 3 is 2.17 bits per heavy atom. The molecule has 0 unspecified atom stereocenters. The van der Waals surface area contributed by atoms with Crippen LogP contribution in [0, 0.1) is 0 Å². The zero-order chi connectivity index (χ0) is 13.8. The SMILES string of the molecule is CCC/C=C(\CCC(C)=O)C(=O)CCCCCC. The van der Waals surface area contributed by atoms with E-state index in [9.17, 15) is 9.59 Å². The van der Waals surface area contributed by atoms with E-state index in [-0.39, 0.29) is 11.6 Å². The summed E-state index contributed by atoms with van der Waals surface area (Å²) in [5, 5.41) is 0. The number of allylic oxidation sites excluding steroid dienone is 2. The van der Waals surface area contributed by atoms with Crippen molar-refractivity contribution in [3.8, 4) is 0 Å². The van der Waals surface area contributed by atoms with Gasteiger partial charge in [0.05, 0.1) is 0 Å². The first-order chi connectivity index (χ1) is 8.61. The first-order valence-electron chi connectivity index (χ1n) is 7.33. The lowest BCUT2D eigenvalue weighted by atomic mass is 9.98. The van der Waals surface area contributed by atoms with Crippen LogP contribution in [0.1, 0.15) is 78.6 Å². The lowest BCUT2D eigenvalue weighted by Crippen LogP contribution is -2.05. The van der Waals surface area contributed by atoms with Gasteiger partial charge in [-0.05, 0) is 31.8 Å². The van der Waals surface area contributed by atoms with Crippen LogP contribution >= 0.6 is 0 Å². The molecule has 0 fully saturated rings. The molecular weight excluding hydrogens is 224 g/mol. The fourth-order valence-electron chi connectivity index (χ4n) is 1.86. The molecular formula is C16H28O2. The third-order valence-corrected chi connectivity index (χ3v) is 3.04. The third kappa shape index (κ3) is 9.15. The summed E-state index contributed by atoms with van der Waals surface area (Å²) in [7, 11) is 0. The van der Waals surface area contributed by atoms with Gasteiger partial charge in [-0.25, -0.2) is 0 Å². The second kappa shape index (κ2) is 11.2. The zero-order valence-corrected chi connectivity index (χ0v) is 12.3. The van der Waals surface area contributed by atoms with Crippen molar-refractivity contribution in [3.63, 3.8) is 0 Å². The molecule has 0 amide bonds. The van der Waals surface area contributed by atoms with Crippen LogP contribution in [0.3, 0.4) is 0 Å². The summed E-state index contributed by atoms with van der Waals surface area (Å²) < 4.78 is 0. The molecule has 18 heavy (non-hydrogen) atoms. The van der Waals surface area contributed by atoms with Crippen molar-refractivity contribution in [3.05, 3.63) is 11.6 Å². The standard InChI is InChI=1S/C16H28O2/c1-4-6-8-9-11-16(18)15(10-7-5-2)13-12-14(3)17/h10H,4-9,11-13H2,1-3H3/b15-10+. The van der Waals surface area contributed by atoms with Gasteiger partial charge in [0, 0.05) is 12.8 Å². The van der Waals surface area contributed by atoms with E-state index in [0.717, 1.165) is 31.3 Å². The van der Waals surface area contributed by atoms with Crippen LogP contribution in [-0.4, -0.2) is 11.6 Å². The van der Waals surface area contributed by atoms with E-state index in [1.165, 1.54) is 12.8 Å². The predicted octanol–water partition coefficient (Wildman–Crippen LogP) is 4.62. The monoisotopic (exact) mass is 252 g/mol. The quantitative estimate of drug-likeness (QED) is 0.397. The van der Waals surface area contributed by atoms with Gasteiger partial charge in [-0.1, -0.05) is 45.6 Å². The van der Waals surface area contributed by atoms with Crippen LogP contribution in [-0.2, 0) is 9.59 Å². The van der Waals surface area contributed by atoms with Crippen molar-refractivity contribution >= 4 is 11.6 Å². The first kappa shape index (κ1) is 17.1. The van der Waals surface area contributed by atoms with Gasteiger partial charge in [0.15, 0.2) is 5.78 Å². The number of carbonyl (C=O) groups excluding carboxylic acids is 2. The van der Waals surface area contributed by atoms with Crippen LogP contribution in [0.4, 0.5) is 0 Å². The maximum Gasteiger partial charge on any atom is 0.158 e. The number of unbranched alkanes of at least 4 members (excludes halogenated alkanes) is 4. The van der Waals surface area contributed by atoms with Gasteiger partial charge >= 0.3 is 0 Å². The number of hydrogen-bond acceptors (Lipinski definition) is 2. The van der Waals surface area contributed by atoms with Crippen LogP contribution in [0.5, 0.6) is 0 Å². The fraction of sp³-hybridized carbons (Fsp3) is 0.750. The van der Waals surface area contributed by atoms with Gasteiger partial charge < -0.3 is 4.79 Å². The highest BCUT2D eigenvalue weighted by Crippen LogP contribution is 2.14. The van der Waals surface area contributed by atoms with E-state index >= 15 is 0 Å². The highest BCUT2D eigenvalue weighted by molar-refractivity contribution is 5.95. The van der Waals surface area contributed by atoms with Crippen molar-refractivity contribution in [2.45, 2.75) is 78.6 Å². The Bertz CT molecular complexity index is 277. The van der Waals surface area contributed by atoms with Crippen molar-refractivity contribution in [1.82, 2.24) is 0 Å². The van der Waals surface area contributed by atoms with Crippen molar-refractivity contribution in [1.29, 1.82) is 0 Å². The van der Waals surface area contributed by atoms with E-state index in [1.807, 2.05) is 6.08 Å². The van der Waals surface area contributed by atoms with E-state index in [1.54, 1.807) is 6.92 Å². The number of ketones is 2. The predicted molar refractivity (Wildman–Crippen MR) is 76.7 cm³/mol. The van der Waals surface area contributed by atoms with Crippen molar-refractivity contribution < 1.29 is 9.59 Å². The summed E-state index contributed by atoms with van der Waals surface area (Å²) in [5.74, 6) is 0.414. The van der Waals surface area contributed by atoms with Crippen molar-refractivity contribution in [2.75, 3.05) is 0 Å². The Morgan fingerprint density at radius 1 is 0.889 bits per heavy atom. The largest absolute Gasteiger partial charge is 0.300 e. The molecule has 0 radical (unpaired) electrons. The Morgan fingerprint density at radius 2 is 1.61 bits per heavy atom. The molecule has 0 aliphatic rings. The van der Waals surface area contributed by atoms with Gasteiger partial charge in [-0.15, -0.1) is 0 Å². The molecule has 0 N–H and O–H groups in total. The molecule has 0 atom stereocenters. The van der Waals surface area contributed by atoms with E-state index in [4.69, 9.17) is 0 Å². The van der Waals surface area contributed by atoms with Crippen LogP contribution in [0.15, 0.2) is 11.6 Å². The summed E-state index contributed by atoms with van der Waals surface area (Å²) >= 11 is 0. The van der Waals surface area contributed by atoms with Crippen LogP contribution < -0.4 is 0 Å². The van der Waals surface area contributed by atoms with Gasteiger partial charge in [-0.3, -0.25) is 4.79 Å². The summed E-state index contributed by atoms with van der Waals surface area (Å²) in [6, 6.07) is 0. The molecule has 0 heterocycles. The number of hydrogen-bond donors (Lipinski definition) is 0. The van der Waals surface area contributed by atoms with Gasteiger partial charge in [0.1, 0.15) is 5.78 Å². The average molecular weight is 252 g/mol. The molecule has 104 valence electrons. The Labute approximate surface area is 112 Å². The highest BCUT2D eigenvalue weighted by atomic mass is 16.1. The molecule has 0 aromatic rings. The van der Waals surface area contributed by atoms with E-state index in [2.05, 4.69) is 13.8 Å². The number of carbonyl (C=O) groups is 2. The average Bonchev–Trinajstić information content (AvgIpc) is 2.34. The van der Waals surface area contributed by atoms with Crippen LogP contribution in [0.25, 0.3) is 0 Å². The zero-order valence-electron chi connectivity index (χ0n) is 12.3. The maximum absolute atomic E-state index is 12.0. The van der Waals surface area contributed by atoms with Crippen LogP contribution in [0.2, 0.25) is 0 Å². The molecule has 0 spiro atoms. The second-order valence-corrected chi connectivity index (χ2v) is 4.95. The molecule has 0 aromatic carbocycles. The molecule has 0 rings (SSSR count). The smallest absolute Gasteiger partial charge is 0.158 e. The minimum Gasteiger partial charge on any atom is -0.300 e. The van der Waals surface area contributed by atoms with Crippen molar-refractivity contribution in [2.24, 2.45) is 0 Å². The fourth-order valence-corrected chi connectivity index (χ4v) is 1.86. The Balaban J connectivity index is 4.18. The maximum atomic E-state index is 12.0.